The molecule has 0 N–H and O–H groups in total. The predicted octanol–water partition coefficient (Wildman–Crippen LogP) is 5.52. The summed E-state index contributed by atoms with van der Waals surface area (Å²) in [6, 6.07) is 11.4. The molecule has 34 heavy (non-hydrogen) atoms. The van der Waals surface area contributed by atoms with E-state index in [1.54, 1.807) is 0 Å². The van der Waals surface area contributed by atoms with Crippen molar-refractivity contribution in [1.29, 1.82) is 0 Å². The molecule has 4 rings (SSSR count). The molecule has 6 nitrogen and oxygen atoms in total. The summed E-state index contributed by atoms with van der Waals surface area (Å²) in [4.78, 5) is 8.44. The molecule has 186 valence electrons. The Morgan fingerprint density at radius 3 is 2.53 bits per heavy atom. The summed E-state index contributed by atoms with van der Waals surface area (Å²) in [5, 5.41) is 9.72. The zero-order valence-electron chi connectivity index (χ0n) is 21.2. The zero-order valence-corrected chi connectivity index (χ0v) is 22.0. The van der Waals surface area contributed by atoms with E-state index in [0.717, 1.165) is 23.7 Å². The first-order valence-corrected chi connectivity index (χ1v) is 13.0. The molecular formula is C27H39ClN4O2. The van der Waals surface area contributed by atoms with Gasteiger partial charge < -0.3 is 9.57 Å². The van der Waals surface area contributed by atoms with E-state index < -0.39 is 0 Å². The minimum Gasteiger partial charge on any atom is -0.390 e. The van der Waals surface area contributed by atoms with Gasteiger partial charge in [0.05, 0.1) is 18.0 Å². The first-order valence-electron chi connectivity index (χ1n) is 12.6. The van der Waals surface area contributed by atoms with Crippen LogP contribution in [0.5, 0.6) is 0 Å². The Morgan fingerprint density at radius 2 is 1.91 bits per heavy atom. The van der Waals surface area contributed by atoms with Gasteiger partial charge in [0.2, 0.25) is 0 Å². The minimum atomic E-state index is -0.0817. The second-order valence-electron chi connectivity index (χ2n) is 10.2. The van der Waals surface area contributed by atoms with Crippen molar-refractivity contribution in [2.24, 2.45) is 12.2 Å². The van der Waals surface area contributed by atoms with Crippen LogP contribution >= 0.6 is 11.6 Å². The maximum absolute atomic E-state index is 6.33. The van der Waals surface area contributed by atoms with Gasteiger partial charge in [-0.1, -0.05) is 28.9 Å². The Morgan fingerprint density at radius 1 is 1.21 bits per heavy atom. The number of morpholine rings is 1. The molecule has 1 aromatic heterocycles. The van der Waals surface area contributed by atoms with Crippen molar-refractivity contribution >= 4 is 17.3 Å². The van der Waals surface area contributed by atoms with Crippen LogP contribution < -0.4 is 0 Å². The largest absolute Gasteiger partial charge is 0.390 e. The first kappa shape index (κ1) is 25.2. The Hall–Kier alpha value is -1.89. The normalized spacial score (nSPS) is 26.8. The van der Waals surface area contributed by atoms with E-state index >= 15 is 0 Å². The van der Waals surface area contributed by atoms with E-state index in [9.17, 15) is 0 Å². The molecule has 2 fully saturated rings. The van der Waals surface area contributed by atoms with Crippen molar-refractivity contribution < 1.29 is 9.57 Å². The molecule has 1 saturated heterocycles. The predicted molar refractivity (Wildman–Crippen MR) is 138 cm³/mol. The van der Waals surface area contributed by atoms with E-state index in [1.807, 2.05) is 37.7 Å². The second kappa shape index (κ2) is 11.2. The van der Waals surface area contributed by atoms with E-state index in [1.165, 1.54) is 42.6 Å². The molecule has 1 aromatic carbocycles. The molecule has 1 saturated carbocycles. The Bertz CT molecular complexity index is 942. The van der Waals surface area contributed by atoms with Crippen molar-refractivity contribution in [1.82, 2.24) is 14.7 Å². The summed E-state index contributed by atoms with van der Waals surface area (Å²) < 4.78 is 8.33. The molecule has 0 amide bonds. The SMILES string of the molecule is CC(C)=NOC(C)[C@H]1CN(C2CCC(c3cc(C)n(C)n3)CC2)[C@@H](Cc2ccc(Cl)cc2)CO1. The third kappa shape index (κ3) is 6.21. The van der Waals surface area contributed by atoms with Crippen molar-refractivity contribution in [3.63, 3.8) is 0 Å². The van der Waals surface area contributed by atoms with Crippen LogP contribution in [0.4, 0.5) is 0 Å². The molecule has 0 radical (unpaired) electrons. The average Bonchev–Trinajstić information content (AvgIpc) is 3.17. The molecule has 0 spiro atoms. The summed E-state index contributed by atoms with van der Waals surface area (Å²) >= 11 is 6.12. The lowest BCUT2D eigenvalue weighted by Gasteiger charge is -2.47. The van der Waals surface area contributed by atoms with Gasteiger partial charge in [-0.2, -0.15) is 5.10 Å². The summed E-state index contributed by atoms with van der Waals surface area (Å²) in [6.45, 7) is 9.67. The molecule has 2 aromatic rings. The first-order chi connectivity index (χ1) is 16.3. The highest BCUT2D eigenvalue weighted by Crippen LogP contribution is 2.36. The van der Waals surface area contributed by atoms with E-state index in [-0.39, 0.29) is 12.2 Å². The van der Waals surface area contributed by atoms with Gasteiger partial charge in [-0.3, -0.25) is 9.58 Å². The fourth-order valence-electron chi connectivity index (χ4n) is 5.29. The third-order valence-corrected chi connectivity index (χ3v) is 7.64. The van der Waals surface area contributed by atoms with Gasteiger partial charge in [-0.25, -0.2) is 0 Å². The topological polar surface area (TPSA) is 51.9 Å². The third-order valence-electron chi connectivity index (χ3n) is 7.39. The van der Waals surface area contributed by atoms with Crippen LogP contribution in [-0.2, 0) is 23.0 Å². The molecule has 0 bridgehead atoms. The quantitative estimate of drug-likeness (QED) is 0.382. The van der Waals surface area contributed by atoms with Crippen LogP contribution in [0, 0.1) is 6.92 Å². The van der Waals surface area contributed by atoms with E-state index in [0.29, 0.717) is 24.6 Å². The molecule has 1 aliphatic carbocycles. The smallest absolute Gasteiger partial charge is 0.152 e. The monoisotopic (exact) mass is 486 g/mol. The molecule has 7 heteroatoms. The summed E-state index contributed by atoms with van der Waals surface area (Å²) in [5.74, 6) is 0.562. The number of oxime groups is 1. The number of aryl methyl sites for hydroxylation is 2. The van der Waals surface area contributed by atoms with Gasteiger partial charge in [-0.15, -0.1) is 0 Å². The number of ether oxygens (including phenoxy) is 1. The van der Waals surface area contributed by atoms with Crippen LogP contribution in [0.25, 0.3) is 0 Å². The highest BCUT2D eigenvalue weighted by molar-refractivity contribution is 6.30. The highest BCUT2D eigenvalue weighted by Gasteiger charge is 2.38. The van der Waals surface area contributed by atoms with Crippen molar-refractivity contribution in [3.8, 4) is 0 Å². The van der Waals surface area contributed by atoms with Crippen LogP contribution in [0.2, 0.25) is 5.02 Å². The van der Waals surface area contributed by atoms with Crippen LogP contribution in [-0.4, -0.2) is 57.8 Å². The molecular weight excluding hydrogens is 448 g/mol. The number of aromatic nitrogens is 2. The van der Waals surface area contributed by atoms with Crippen molar-refractivity contribution in [3.05, 3.63) is 52.3 Å². The van der Waals surface area contributed by atoms with Gasteiger partial charge in [-0.05, 0) is 83.6 Å². The van der Waals surface area contributed by atoms with Gasteiger partial charge in [0, 0.05) is 42.3 Å². The fourth-order valence-corrected chi connectivity index (χ4v) is 5.41. The number of benzene rings is 1. The van der Waals surface area contributed by atoms with Gasteiger partial charge in [0.25, 0.3) is 0 Å². The summed E-state index contributed by atoms with van der Waals surface area (Å²) in [5.41, 5.74) is 4.71. The Balaban J connectivity index is 1.45. The summed E-state index contributed by atoms with van der Waals surface area (Å²) in [7, 11) is 2.03. The maximum Gasteiger partial charge on any atom is 0.152 e. The molecule has 2 aliphatic rings. The van der Waals surface area contributed by atoms with Crippen molar-refractivity contribution in [2.75, 3.05) is 13.2 Å². The van der Waals surface area contributed by atoms with E-state index in [4.69, 9.17) is 26.3 Å². The number of hydrogen-bond acceptors (Lipinski definition) is 5. The van der Waals surface area contributed by atoms with E-state index in [2.05, 4.69) is 42.1 Å². The van der Waals surface area contributed by atoms with Crippen LogP contribution in [0.15, 0.2) is 35.5 Å². The van der Waals surface area contributed by atoms with Crippen LogP contribution in [0.3, 0.4) is 0 Å². The highest BCUT2D eigenvalue weighted by atomic mass is 35.5. The lowest BCUT2D eigenvalue weighted by molar-refractivity contribution is -0.136. The number of halogens is 1. The second-order valence-corrected chi connectivity index (χ2v) is 10.7. The van der Waals surface area contributed by atoms with Gasteiger partial charge in [0.1, 0.15) is 6.10 Å². The molecule has 2 heterocycles. The van der Waals surface area contributed by atoms with Crippen LogP contribution in [0.1, 0.15) is 69.3 Å². The molecule has 3 atom stereocenters. The fraction of sp³-hybridized carbons (Fsp3) is 0.630. The number of nitrogens with zero attached hydrogens (tertiary/aromatic N) is 4. The summed E-state index contributed by atoms with van der Waals surface area (Å²) in [6.07, 6.45) is 5.63. The average molecular weight is 487 g/mol. The Labute approximate surface area is 209 Å². The Kier molecular flexibility index (Phi) is 8.33. The number of rotatable bonds is 7. The minimum absolute atomic E-state index is 0.0146. The number of hydrogen-bond donors (Lipinski definition) is 0. The van der Waals surface area contributed by atoms with Gasteiger partial charge >= 0.3 is 0 Å². The molecule has 1 unspecified atom stereocenters. The zero-order chi connectivity index (χ0) is 24.2. The molecule has 1 aliphatic heterocycles. The standard InChI is InChI=1S/C27H39ClN4O2/c1-18(2)30-34-20(4)27-16-32(25(17-33-27)15-21-6-10-23(28)11-7-21)24-12-8-22(9-13-24)26-14-19(3)31(5)29-26/h6-7,10-11,14,20,22,24-25,27H,8-9,12-13,15-17H2,1-5H3/t20?,22?,24?,25-,27+/m0/s1. The van der Waals surface area contributed by atoms with Crippen molar-refractivity contribution in [2.45, 2.75) is 90.0 Å². The lowest BCUT2D eigenvalue weighted by Crippen LogP contribution is -2.57. The van der Waals surface area contributed by atoms with Gasteiger partial charge in [0.15, 0.2) is 6.10 Å². The lowest BCUT2D eigenvalue weighted by atomic mass is 9.82. The maximum atomic E-state index is 6.33.